The molecule has 0 radical (unpaired) electrons. The lowest BCUT2D eigenvalue weighted by molar-refractivity contribution is -0.384. The average Bonchev–Trinajstić information content (AvgIpc) is 3.09. The maximum atomic E-state index is 13.2. The molecule has 34 heavy (non-hydrogen) atoms. The minimum absolute atomic E-state index is 0.00335. The van der Waals surface area contributed by atoms with Crippen molar-refractivity contribution in [1.29, 1.82) is 0 Å². The Morgan fingerprint density at radius 2 is 1.59 bits per heavy atom. The van der Waals surface area contributed by atoms with E-state index in [0.29, 0.717) is 0 Å². The fraction of sp³-hybridized carbons (Fsp3) is 0. The predicted octanol–water partition coefficient (Wildman–Crippen LogP) is 4.51. The van der Waals surface area contributed by atoms with E-state index in [4.69, 9.17) is 0 Å². The zero-order chi connectivity index (χ0) is 24.0. The number of non-ortho nitro benzene ring substituents is 1. The maximum absolute atomic E-state index is 13.2. The van der Waals surface area contributed by atoms with Crippen LogP contribution < -0.4 is 10.2 Å². The van der Waals surface area contributed by atoms with Gasteiger partial charge in [0.2, 0.25) is 0 Å². The number of amides is 3. The Balaban J connectivity index is 1.51. The molecule has 3 amide bonds. The van der Waals surface area contributed by atoms with E-state index >= 15 is 0 Å². The number of nitrogens with zero attached hydrogens (tertiary/aromatic N) is 2. The highest BCUT2D eigenvalue weighted by Gasteiger charge is 2.39. The summed E-state index contributed by atoms with van der Waals surface area (Å²) in [4.78, 5) is 50.5. The number of carbonyl (C=O) groups is 3. The number of nitro groups is 1. The van der Waals surface area contributed by atoms with Crippen LogP contribution in [0.4, 0.5) is 17.1 Å². The molecule has 0 bridgehead atoms. The Kier molecular flexibility index (Phi) is 4.79. The molecule has 0 fully saturated rings. The van der Waals surface area contributed by atoms with Gasteiger partial charge < -0.3 is 10.4 Å². The van der Waals surface area contributed by atoms with Gasteiger partial charge in [0.05, 0.1) is 33.0 Å². The Morgan fingerprint density at radius 3 is 2.32 bits per heavy atom. The SMILES string of the molecule is O=C(Nc1cccc2c1C(=O)N(c1cccc([N+](=O)[O-])c1)C2=O)c1cc2ccccc2cc1O. The van der Waals surface area contributed by atoms with Crippen LogP contribution in [0.2, 0.25) is 0 Å². The zero-order valence-electron chi connectivity index (χ0n) is 17.4. The quantitative estimate of drug-likeness (QED) is 0.266. The lowest BCUT2D eigenvalue weighted by Gasteiger charge is -2.14. The number of fused-ring (bicyclic) bond motifs is 2. The van der Waals surface area contributed by atoms with Crippen LogP contribution >= 0.6 is 0 Å². The molecule has 0 unspecified atom stereocenters. The largest absolute Gasteiger partial charge is 0.507 e. The minimum atomic E-state index is -0.723. The normalized spacial score (nSPS) is 12.6. The van der Waals surface area contributed by atoms with Crippen molar-refractivity contribution in [3.63, 3.8) is 0 Å². The van der Waals surface area contributed by atoms with Crippen LogP contribution in [-0.2, 0) is 0 Å². The standard InChI is InChI=1S/C25H15N3O6/c29-21-12-15-6-2-1-5-14(15)11-19(21)23(30)26-20-10-4-9-18-22(20)25(32)27(24(18)31)16-7-3-8-17(13-16)28(33)34/h1-13,29H,(H,26,30). The highest BCUT2D eigenvalue weighted by molar-refractivity contribution is 6.36. The van der Waals surface area contributed by atoms with Crippen molar-refractivity contribution in [1.82, 2.24) is 0 Å². The summed E-state index contributed by atoms with van der Waals surface area (Å²) in [6.07, 6.45) is 0. The summed E-state index contributed by atoms with van der Waals surface area (Å²) >= 11 is 0. The van der Waals surface area contributed by atoms with Crippen LogP contribution in [0, 0.1) is 10.1 Å². The van der Waals surface area contributed by atoms with Crippen molar-refractivity contribution in [2.75, 3.05) is 10.2 Å². The molecule has 0 spiro atoms. The predicted molar refractivity (Wildman–Crippen MR) is 124 cm³/mol. The van der Waals surface area contributed by atoms with Gasteiger partial charge in [-0.1, -0.05) is 36.4 Å². The second kappa shape index (κ2) is 7.82. The number of hydrogen-bond acceptors (Lipinski definition) is 6. The van der Waals surface area contributed by atoms with Gasteiger partial charge in [-0.3, -0.25) is 24.5 Å². The Morgan fingerprint density at radius 1 is 0.882 bits per heavy atom. The van der Waals surface area contributed by atoms with E-state index in [-0.39, 0.29) is 39.5 Å². The molecule has 9 nitrogen and oxygen atoms in total. The molecule has 1 heterocycles. The number of carbonyl (C=O) groups excluding carboxylic acids is 3. The zero-order valence-corrected chi connectivity index (χ0v) is 17.4. The van der Waals surface area contributed by atoms with Crippen LogP contribution in [0.1, 0.15) is 31.1 Å². The van der Waals surface area contributed by atoms with E-state index in [1.165, 1.54) is 48.5 Å². The number of nitro benzene ring substituents is 1. The molecule has 166 valence electrons. The van der Waals surface area contributed by atoms with Gasteiger partial charge in [-0.05, 0) is 41.1 Å². The van der Waals surface area contributed by atoms with Gasteiger partial charge in [0, 0.05) is 12.1 Å². The number of aromatic hydroxyl groups is 1. The maximum Gasteiger partial charge on any atom is 0.271 e. The van der Waals surface area contributed by atoms with Gasteiger partial charge in [-0.25, -0.2) is 4.90 Å². The van der Waals surface area contributed by atoms with E-state index in [1.807, 2.05) is 6.07 Å². The van der Waals surface area contributed by atoms with Gasteiger partial charge in [-0.15, -0.1) is 0 Å². The van der Waals surface area contributed by atoms with Gasteiger partial charge in [0.1, 0.15) is 5.75 Å². The van der Waals surface area contributed by atoms with Gasteiger partial charge in [-0.2, -0.15) is 0 Å². The molecule has 5 rings (SSSR count). The van der Waals surface area contributed by atoms with E-state index in [1.54, 1.807) is 18.2 Å². The van der Waals surface area contributed by atoms with Crippen molar-refractivity contribution in [3.8, 4) is 5.75 Å². The topological polar surface area (TPSA) is 130 Å². The molecular weight excluding hydrogens is 438 g/mol. The fourth-order valence-electron chi connectivity index (χ4n) is 3.97. The number of benzene rings is 4. The smallest absolute Gasteiger partial charge is 0.271 e. The summed E-state index contributed by atoms with van der Waals surface area (Å²) in [5.74, 6) is -2.28. The van der Waals surface area contributed by atoms with Crippen molar-refractivity contribution < 1.29 is 24.4 Å². The van der Waals surface area contributed by atoms with Crippen LogP contribution in [0.15, 0.2) is 78.9 Å². The van der Waals surface area contributed by atoms with Crippen LogP contribution in [-0.4, -0.2) is 27.8 Å². The van der Waals surface area contributed by atoms with Crippen LogP contribution in [0.5, 0.6) is 5.75 Å². The van der Waals surface area contributed by atoms with Gasteiger partial charge >= 0.3 is 0 Å². The van der Waals surface area contributed by atoms with Crippen molar-refractivity contribution >= 4 is 45.6 Å². The minimum Gasteiger partial charge on any atom is -0.507 e. The Hall–Kier alpha value is -5.05. The third-order valence-corrected chi connectivity index (χ3v) is 5.57. The molecule has 9 heteroatoms. The number of phenols is 1. The van der Waals surface area contributed by atoms with Gasteiger partial charge in [0.25, 0.3) is 23.4 Å². The van der Waals surface area contributed by atoms with E-state index < -0.39 is 22.6 Å². The van der Waals surface area contributed by atoms with Crippen molar-refractivity contribution in [2.45, 2.75) is 0 Å². The first kappa shape index (κ1) is 20.8. The molecule has 4 aromatic carbocycles. The molecule has 0 aromatic heterocycles. The summed E-state index contributed by atoms with van der Waals surface area (Å²) in [6.45, 7) is 0. The first-order valence-electron chi connectivity index (χ1n) is 10.1. The first-order valence-corrected chi connectivity index (χ1v) is 10.1. The summed E-state index contributed by atoms with van der Waals surface area (Å²) in [5, 5.41) is 25.6. The lowest BCUT2D eigenvalue weighted by atomic mass is 10.0. The first-order chi connectivity index (χ1) is 16.3. The highest BCUT2D eigenvalue weighted by atomic mass is 16.6. The number of rotatable bonds is 4. The second-order valence-corrected chi connectivity index (χ2v) is 7.62. The van der Waals surface area contributed by atoms with E-state index in [2.05, 4.69) is 5.32 Å². The molecule has 1 aliphatic rings. The molecule has 4 aromatic rings. The molecule has 0 aliphatic carbocycles. The van der Waals surface area contributed by atoms with Crippen molar-refractivity contribution in [2.24, 2.45) is 0 Å². The second-order valence-electron chi connectivity index (χ2n) is 7.62. The molecule has 2 N–H and O–H groups in total. The third-order valence-electron chi connectivity index (χ3n) is 5.57. The number of nitrogens with one attached hydrogen (secondary N) is 1. The van der Waals surface area contributed by atoms with E-state index in [0.717, 1.165) is 21.7 Å². The average molecular weight is 453 g/mol. The fourth-order valence-corrected chi connectivity index (χ4v) is 3.97. The third kappa shape index (κ3) is 3.32. The monoisotopic (exact) mass is 453 g/mol. The molecule has 0 saturated carbocycles. The number of imide groups is 1. The van der Waals surface area contributed by atoms with Gasteiger partial charge in [0.15, 0.2) is 0 Å². The molecule has 0 saturated heterocycles. The summed E-state index contributed by atoms with van der Waals surface area (Å²) in [6, 6.07) is 19.8. The van der Waals surface area contributed by atoms with E-state index in [9.17, 15) is 29.6 Å². The number of hydrogen-bond donors (Lipinski definition) is 2. The molecular formula is C25H15N3O6. The summed E-state index contributed by atoms with van der Waals surface area (Å²) in [5.41, 5.74) is -0.117. The highest BCUT2D eigenvalue weighted by Crippen LogP contribution is 2.35. The number of anilines is 2. The Bertz CT molecular complexity index is 1550. The molecule has 1 aliphatic heterocycles. The lowest BCUT2D eigenvalue weighted by Crippen LogP contribution is -2.29. The van der Waals surface area contributed by atoms with Crippen LogP contribution in [0.25, 0.3) is 10.8 Å². The molecule has 0 atom stereocenters. The summed E-state index contributed by atoms with van der Waals surface area (Å²) in [7, 11) is 0. The van der Waals surface area contributed by atoms with Crippen LogP contribution in [0.3, 0.4) is 0 Å². The number of phenolic OH excluding ortho intramolecular Hbond substituents is 1. The Labute approximate surface area is 192 Å². The van der Waals surface area contributed by atoms with Crippen molar-refractivity contribution in [3.05, 3.63) is 106 Å². The summed E-state index contributed by atoms with van der Waals surface area (Å²) < 4.78 is 0.